The summed E-state index contributed by atoms with van der Waals surface area (Å²) >= 11 is 0. The Morgan fingerprint density at radius 3 is 2.71 bits per heavy atom. The molecule has 0 unspecified atom stereocenters. The van der Waals surface area contributed by atoms with Crippen molar-refractivity contribution in [3.63, 3.8) is 0 Å². The van der Waals surface area contributed by atoms with E-state index in [1.54, 1.807) is 0 Å². The molecule has 1 aliphatic heterocycles. The lowest BCUT2D eigenvalue weighted by Gasteiger charge is -2.30. The first-order valence-electron chi connectivity index (χ1n) is 7.31. The average Bonchev–Trinajstić information content (AvgIpc) is 2.86. The van der Waals surface area contributed by atoms with Crippen LogP contribution in [0.1, 0.15) is 30.3 Å². The second-order valence-corrected chi connectivity index (χ2v) is 5.43. The van der Waals surface area contributed by atoms with Crippen LogP contribution < -0.4 is 4.74 Å². The highest BCUT2D eigenvalue weighted by Gasteiger charge is 2.22. The Hall–Kier alpha value is -1.95. The minimum atomic E-state index is 0.236. The van der Waals surface area contributed by atoms with E-state index in [-0.39, 0.29) is 6.10 Å². The van der Waals surface area contributed by atoms with Gasteiger partial charge in [-0.1, -0.05) is 6.07 Å². The predicted molar refractivity (Wildman–Crippen MR) is 76.9 cm³/mol. The summed E-state index contributed by atoms with van der Waals surface area (Å²) in [6.45, 7) is 6.44. The molecule has 0 spiro atoms. The molecule has 21 heavy (non-hydrogen) atoms. The first kappa shape index (κ1) is 14.0. The monoisotopic (exact) mass is 288 g/mol. The highest BCUT2D eigenvalue weighted by molar-refractivity contribution is 5.15. The third kappa shape index (κ3) is 3.78. The predicted octanol–water partition coefficient (Wildman–Crippen LogP) is 2.12. The molecule has 0 N–H and O–H groups in total. The molecule has 6 nitrogen and oxygen atoms in total. The first-order valence-corrected chi connectivity index (χ1v) is 7.31. The van der Waals surface area contributed by atoms with Crippen molar-refractivity contribution >= 4 is 0 Å². The van der Waals surface area contributed by atoms with E-state index in [1.807, 2.05) is 32.0 Å². The Morgan fingerprint density at radius 2 is 2.05 bits per heavy atom. The fraction of sp³-hybridized carbons (Fsp3) is 0.533. The maximum atomic E-state index is 5.95. The van der Waals surface area contributed by atoms with Crippen LogP contribution in [0, 0.1) is 13.8 Å². The van der Waals surface area contributed by atoms with Crippen LogP contribution in [0.25, 0.3) is 0 Å². The number of aryl methyl sites for hydroxylation is 2. The van der Waals surface area contributed by atoms with E-state index in [4.69, 9.17) is 9.15 Å². The van der Waals surface area contributed by atoms with Crippen molar-refractivity contribution in [3.05, 3.63) is 35.7 Å². The molecule has 2 aromatic heterocycles. The van der Waals surface area contributed by atoms with Crippen LogP contribution in [0.5, 0.6) is 5.88 Å². The Morgan fingerprint density at radius 1 is 1.24 bits per heavy atom. The second kappa shape index (κ2) is 6.22. The SMILES string of the molecule is Cc1cccc(OC2CCN(Cc3nnc(C)o3)CC2)n1. The number of nitrogens with zero attached hydrogens (tertiary/aromatic N) is 4. The van der Waals surface area contributed by atoms with Gasteiger partial charge in [-0.15, -0.1) is 10.2 Å². The standard InChI is InChI=1S/C15H20N4O2/c1-11-4-3-5-14(16-11)21-13-6-8-19(9-7-13)10-15-18-17-12(2)20-15/h3-5,13H,6-10H2,1-2H3. The molecule has 0 bridgehead atoms. The van der Waals surface area contributed by atoms with E-state index in [1.165, 1.54) is 0 Å². The van der Waals surface area contributed by atoms with Crippen molar-refractivity contribution in [1.29, 1.82) is 0 Å². The van der Waals surface area contributed by atoms with Crippen molar-refractivity contribution in [3.8, 4) is 5.88 Å². The molecule has 2 aromatic rings. The number of ether oxygens (including phenoxy) is 1. The number of piperidine rings is 1. The van der Waals surface area contributed by atoms with Gasteiger partial charge in [-0.2, -0.15) is 0 Å². The zero-order chi connectivity index (χ0) is 14.7. The van der Waals surface area contributed by atoms with Crippen molar-refractivity contribution in [2.45, 2.75) is 39.3 Å². The zero-order valence-electron chi connectivity index (χ0n) is 12.5. The minimum Gasteiger partial charge on any atom is -0.474 e. The molecule has 0 aliphatic carbocycles. The van der Waals surface area contributed by atoms with Crippen LogP contribution in [0.4, 0.5) is 0 Å². The molecule has 0 amide bonds. The van der Waals surface area contributed by atoms with Crippen molar-refractivity contribution in [2.75, 3.05) is 13.1 Å². The molecule has 6 heteroatoms. The van der Waals surface area contributed by atoms with Crippen LogP contribution in [0.3, 0.4) is 0 Å². The molecular weight excluding hydrogens is 268 g/mol. The average molecular weight is 288 g/mol. The van der Waals surface area contributed by atoms with Gasteiger partial charge in [0.25, 0.3) is 0 Å². The molecule has 0 radical (unpaired) electrons. The fourth-order valence-corrected chi connectivity index (χ4v) is 2.53. The number of pyridine rings is 1. The van der Waals surface area contributed by atoms with Crippen LogP contribution in [0.2, 0.25) is 0 Å². The summed E-state index contributed by atoms with van der Waals surface area (Å²) in [5.41, 5.74) is 0.983. The van der Waals surface area contributed by atoms with Crippen molar-refractivity contribution in [2.24, 2.45) is 0 Å². The largest absolute Gasteiger partial charge is 0.474 e. The normalized spacial score (nSPS) is 17.0. The molecule has 112 valence electrons. The lowest BCUT2D eigenvalue weighted by atomic mass is 10.1. The maximum absolute atomic E-state index is 5.95. The number of hydrogen-bond donors (Lipinski definition) is 0. The first-order chi connectivity index (χ1) is 10.2. The molecular formula is C15H20N4O2. The number of aromatic nitrogens is 3. The van der Waals surface area contributed by atoms with Gasteiger partial charge < -0.3 is 9.15 Å². The Labute approximate surface area is 124 Å². The molecule has 3 rings (SSSR count). The van der Waals surface area contributed by atoms with E-state index in [9.17, 15) is 0 Å². The summed E-state index contributed by atoms with van der Waals surface area (Å²) in [6, 6.07) is 5.87. The zero-order valence-corrected chi connectivity index (χ0v) is 12.5. The van der Waals surface area contributed by atoms with E-state index < -0.39 is 0 Å². The van der Waals surface area contributed by atoms with E-state index >= 15 is 0 Å². The minimum absolute atomic E-state index is 0.236. The maximum Gasteiger partial charge on any atom is 0.230 e. The van der Waals surface area contributed by atoms with Crippen LogP contribution in [-0.2, 0) is 6.54 Å². The lowest BCUT2D eigenvalue weighted by molar-refractivity contribution is 0.0882. The van der Waals surface area contributed by atoms with Gasteiger partial charge in [0.15, 0.2) is 0 Å². The van der Waals surface area contributed by atoms with Gasteiger partial charge in [-0.05, 0) is 25.8 Å². The van der Waals surface area contributed by atoms with Gasteiger partial charge in [0, 0.05) is 31.8 Å². The summed E-state index contributed by atoms with van der Waals surface area (Å²) in [6.07, 6.45) is 2.21. The van der Waals surface area contributed by atoms with E-state index in [2.05, 4.69) is 20.1 Å². The molecule has 0 aromatic carbocycles. The van der Waals surface area contributed by atoms with Crippen molar-refractivity contribution in [1.82, 2.24) is 20.1 Å². The third-order valence-corrected chi connectivity index (χ3v) is 3.61. The van der Waals surface area contributed by atoms with Crippen molar-refractivity contribution < 1.29 is 9.15 Å². The summed E-state index contributed by atoms with van der Waals surface area (Å²) in [5.74, 6) is 2.03. The summed E-state index contributed by atoms with van der Waals surface area (Å²) in [4.78, 5) is 6.70. The van der Waals surface area contributed by atoms with Gasteiger partial charge in [-0.25, -0.2) is 4.98 Å². The highest BCUT2D eigenvalue weighted by Crippen LogP contribution is 2.18. The quantitative estimate of drug-likeness (QED) is 0.858. The Bertz CT molecular complexity index is 591. The molecule has 0 atom stereocenters. The molecule has 0 saturated carbocycles. The third-order valence-electron chi connectivity index (χ3n) is 3.61. The lowest BCUT2D eigenvalue weighted by Crippen LogP contribution is -2.38. The smallest absolute Gasteiger partial charge is 0.230 e. The van der Waals surface area contributed by atoms with Crippen LogP contribution in [0.15, 0.2) is 22.6 Å². The molecule has 1 fully saturated rings. The Kier molecular flexibility index (Phi) is 4.15. The summed E-state index contributed by atoms with van der Waals surface area (Å²) < 4.78 is 11.4. The van der Waals surface area contributed by atoms with E-state index in [0.29, 0.717) is 11.8 Å². The highest BCUT2D eigenvalue weighted by atomic mass is 16.5. The number of rotatable bonds is 4. The molecule has 3 heterocycles. The second-order valence-electron chi connectivity index (χ2n) is 5.43. The number of hydrogen-bond acceptors (Lipinski definition) is 6. The fourth-order valence-electron chi connectivity index (χ4n) is 2.53. The van der Waals surface area contributed by atoms with Gasteiger partial charge in [0.05, 0.1) is 6.54 Å². The summed E-state index contributed by atoms with van der Waals surface area (Å²) in [5, 5.41) is 7.89. The topological polar surface area (TPSA) is 64.3 Å². The Balaban J connectivity index is 1.48. The summed E-state index contributed by atoms with van der Waals surface area (Å²) in [7, 11) is 0. The molecule has 1 saturated heterocycles. The van der Waals surface area contributed by atoms with Gasteiger partial charge in [-0.3, -0.25) is 4.90 Å². The van der Waals surface area contributed by atoms with Gasteiger partial charge in [0.1, 0.15) is 6.10 Å². The van der Waals surface area contributed by atoms with Crippen LogP contribution >= 0.6 is 0 Å². The molecule has 1 aliphatic rings. The number of likely N-dealkylation sites (tertiary alicyclic amines) is 1. The van der Waals surface area contributed by atoms with E-state index in [0.717, 1.165) is 44.0 Å². The van der Waals surface area contributed by atoms with Gasteiger partial charge >= 0.3 is 0 Å². The van der Waals surface area contributed by atoms with Gasteiger partial charge in [0.2, 0.25) is 17.7 Å². The van der Waals surface area contributed by atoms with Crippen LogP contribution in [-0.4, -0.2) is 39.3 Å².